The van der Waals surface area contributed by atoms with Crippen LogP contribution < -0.4 is 5.32 Å². The van der Waals surface area contributed by atoms with Gasteiger partial charge in [-0.15, -0.1) is 0 Å². The lowest BCUT2D eigenvalue weighted by atomic mass is 9.46. The predicted molar refractivity (Wildman–Crippen MR) is 137 cm³/mol. The molecule has 186 valence electrons. The average molecular weight is 476 g/mol. The molecule has 1 aromatic rings. The third-order valence-electron chi connectivity index (χ3n) is 9.24. The highest BCUT2D eigenvalue weighted by atomic mass is 16.4. The van der Waals surface area contributed by atoms with E-state index in [0.29, 0.717) is 23.8 Å². The molecular weight excluding hydrogens is 438 g/mol. The summed E-state index contributed by atoms with van der Waals surface area (Å²) in [6.45, 7) is 9.20. The van der Waals surface area contributed by atoms with Gasteiger partial charge in [0.2, 0.25) is 5.78 Å². The number of rotatable bonds is 7. The Balaban J connectivity index is 1.52. The molecule has 0 spiro atoms. The molecule has 0 amide bonds. The summed E-state index contributed by atoms with van der Waals surface area (Å²) in [6.07, 6.45) is 10.3. The second-order valence-corrected chi connectivity index (χ2v) is 11.2. The largest absolute Gasteiger partial charge is 0.480 e. The summed E-state index contributed by atoms with van der Waals surface area (Å²) in [5, 5.41) is 12.5. The van der Waals surface area contributed by atoms with Gasteiger partial charge < -0.3 is 10.4 Å². The Morgan fingerprint density at radius 3 is 2.51 bits per heavy atom. The van der Waals surface area contributed by atoms with Gasteiger partial charge in [0, 0.05) is 18.1 Å². The van der Waals surface area contributed by atoms with Gasteiger partial charge in [0.25, 0.3) is 0 Å². The van der Waals surface area contributed by atoms with Crippen LogP contribution in [0.4, 0.5) is 0 Å². The zero-order valence-electron chi connectivity index (χ0n) is 21.3. The topological polar surface area (TPSA) is 83.5 Å². The summed E-state index contributed by atoms with van der Waals surface area (Å²) in [5.74, 6) is -0.680. The molecular formula is C30H37NO4. The zero-order chi connectivity index (χ0) is 25.4. The number of ketones is 2. The van der Waals surface area contributed by atoms with Crippen molar-refractivity contribution in [3.63, 3.8) is 0 Å². The molecule has 0 heterocycles. The van der Waals surface area contributed by atoms with Gasteiger partial charge in [0.15, 0.2) is 5.78 Å². The summed E-state index contributed by atoms with van der Waals surface area (Å²) in [7, 11) is 0. The summed E-state index contributed by atoms with van der Waals surface area (Å²) < 4.78 is 0. The van der Waals surface area contributed by atoms with E-state index in [1.54, 1.807) is 0 Å². The van der Waals surface area contributed by atoms with Gasteiger partial charge >= 0.3 is 5.97 Å². The Hall–Kier alpha value is -2.95. The van der Waals surface area contributed by atoms with Crippen LogP contribution in [0.2, 0.25) is 0 Å². The SMILES string of the molecule is CC1=CCCC2C1(C)CCC(C)[C@@]2(C)CC1=CC(=O)C(NC(Cc2ccccc2)C(=O)O)=CC1=O. The molecule has 0 radical (unpaired) electrons. The fourth-order valence-electron chi connectivity index (χ4n) is 6.71. The summed E-state index contributed by atoms with van der Waals surface area (Å²) in [6, 6.07) is 8.26. The summed E-state index contributed by atoms with van der Waals surface area (Å²) >= 11 is 0. The van der Waals surface area contributed by atoms with Gasteiger partial charge in [-0.1, -0.05) is 62.8 Å². The minimum atomic E-state index is -1.06. The second kappa shape index (κ2) is 9.60. The Morgan fingerprint density at radius 1 is 1.11 bits per heavy atom. The van der Waals surface area contributed by atoms with Crippen molar-refractivity contribution in [2.24, 2.45) is 22.7 Å². The predicted octanol–water partition coefficient (Wildman–Crippen LogP) is 5.42. The van der Waals surface area contributed by atoms with E-state index >= 15 is 0 Å². The van der Waals surface area contributed by atoms with Gasteiger partial charge in [-0.05, 0) is 73.3 Å². The molecule has 5 heteroatoms. The Bertz CT molecular complexity index is 1110. The smallest absolute Gasteiger partial charge is 0.326 e. The minimum absolute atomic E-state index is 0.0604. The number of carbonyl (C=O) groups excluding carboxylic acids is 2. The molecule has 0 aliphatic heterocycles. The molecule has 4 rings (SSSR count). The van der Waals surface area contributed by atoms with Gasteiger partial charge in [-0.25, -0.2) is 4.79 Å². The van der Waals surface area contributed by atoms with E-state index in [0.717, 1.165) is 31.2 Å². The van der Waals surface area contributed by atoms with E-state index in [1.807, 2.05) is 30.3 Å². The third-order valence-corrected chi connectivity index (χ3v) is 9.24. The van der Waals surface area contributed by atoms with E-state index in [1.165, 1.54) is 17.7 Å². The van der Waals surface area contributed by atoms with Crippen molar-refractivity contribution < 1.29 is 19.5 Å². The van der Waals surface area contributed by atoms with Crippen LogP contribution >= 0.6 is 0 Å². The minimum Gasteiger partial charge on any atom is -0.480 e. The highest BCUT2D eigenvalue weighted by Gasteiger charge is 2.53. The lowest BCUT2D eigenvalue weighted by molar-refractivity contribution is -0.139. The molecule has 1 aromatic carbocycles. The lowest BCUT2D eigenvalue weighted by Gasteiger charge is -2.58. The van der Waals surface area contributed by atoms with Crippen molar-refractivity contribution in [2.75, 3.05) is 0 Å². The van der Waals surface area contributed by atoms with Crippen molar-refractivity contribution in [1.29, 1.82) is 0 Å². The van der Waals surface area contributed by atoms with Gasteiger partial charge in [-0.3, -0.25) is 9.59 Å². The van der Waals surface area contributed by atoms with E-state index in [9.17, 15) is 19.5 Å². The van der Waals surface area contributed by atoms with Crippen LogP contribution in [-0.4, -0.2) is 28.7 Å². The number of allylic oxidation sites excluding steroid dienone is 5. The zero-order valence-corrected chi connectivity index (χ0v) is 21.3. The first-order valence-electron chi connectivity index (χ1n) is 12.8. The average Bonchev–Trinajstić information content (AvgIpc) is 2.81. The number of carbonyl (C=O) groups is 3. The first-order valence-corrected chi connectivity index (χ1v) is 12.8. The van der Waals surface area contributed by atoms with Gasteiger partial charge in [0.1, 0.15) is 6.04 Å². The molecule has 0 bridgehead atoms. The molecule has 3 aliphatic rings. The summed E-state index contributed by atoms with van der Waals surface area (Å²) in [4.78, 5) is 38.1. The van der Waals surface area contributed by atoms with E-state index < -0.39 is 12.0 Å². The molecule has 1 saturated carbocycles. The van der Waals surface area contributed by atoms with E-state index in [4.69, 9.17) is 0 Å². The first kappa shape index (κ1) is 25.2. The fourth-order valence-corrected chi connectivity index (χ4v) is 6.71. The number of aliphatic carboxylic acids is 1. The maximum absolute atomic E-state index is 13.2. The van der Waals surface area contributed by atoms with Crippen molar-refractivity contribution in [3.05, 3.63) is 71.0 Å². The van der Waals surface area contributed by atoms with Crippen molar-refractivity contribution in [3.8, 4) is 0 Å². The molecule has 5 atom stereocenters. The van der Waals surface area contributed by atoms with Crippen molar-refractivity contribution >= 4 is 17.5 Å². The number of fused-ring (bicyclic) bond motifs is 1. The van der Waals surface area contributed by atoms with Gasteiger partial charge in [0.05, 0.1) is 5.70 Å². The van der Waals surface area contributed by atoms with Crippen LogP contribution in [0, 0.1) is 22.7 Å². The number of nitrogens with one attached hydrogen (secondary N) is 1. The van der Waals surface area contributed by atoms with Crippen LogP contribution in [-0.2, 0) is 20.8 Å². The maximum atomic E-state index is 13.2. The molecule has 3 aliphatic carbocycles. The third kappa shape index (κ3) is 4.78. The Kier molecular flexibility index (Phi) is 6.90. The molecule has 35 heavy (non-hydrogen) atoms. The first-order chi connectivity index (χ1) is 16.5. The molecule has 5 nitrogen and oxygen atoms in total. The van der Waals surface area contributed by atoms with E-state index in [-0.39, 0.29) is 34.5 Å². The molecule has 0 aromatic heterocycles. The van der Waals surface area contributed by atoms with Crippen LogP contribution in [0.15, 0.2) is 65.4 Å². The summed E-state index contributed by atoms with van der Waals surface area (Å²) in [5.41, 5.74) is 2.96. The van der Waals surface area contributed by atoms with Crippen LogP contribution in [0.5, 0.6) is 0 Å². The highest BCUT2D eigenvalue weighted by molar-refractivity contribution is 6.19. The van der Waals surface area contributed by atoms with E-state index in [2.05, 4.69) is 39.1 Å². The Labute approximate surface area is 208 Å². The number of benzene rings is 1. The fraction of sp³-hybridized carbons (Fsp3) is 0.500. The van der Waals surface area contributed by atoms with Gasteiger partial charge in [-0.2, -0.15) is 0 Å². The number of hydrogen-bond donors (Lipinski definition) is 2. The Morgan fingerprint density at radius 2 is 1.83 bits per heavy atom. The standard InChI is InChI=1S/C30H37NO4/c1-19-9-8-12-27-29(19,3)14-13-20(2)30(27,4)18-22-16-26(33)23(17-25(22)32)31-24(28(34)35)15-21-10-6-5-7-11-21/h5-7,9-11,16-17,20,24,27,31H,8,12-15,18H2,1-4H3,(H,34,35)/t20?,24?,27?,29?,30-/m1/s1. The quantitative estimate of drug-likeness (QED) is 0.406. The normalized spacial score (nSPS) is 31.6. The van der Waals surface area contributed by atoms with Crippen molar-refractivity contribution in [2.45, 2.75) is 72.3 Å². The maximum Gasteiger partial charge on any atom is 0.326 e. The number of hydrogen-bond acceptors (Lipinski definition) is 4. The molecule has 0 saturated heterocycles. The number of carboxylic acid groups (broad SMARTS) is 1. The lowest BCUT2D eigenvalue weighted by Crippen LogP contribution is -2.50. The van der Waals surface area contributed by atoms with Crippen LogP contribution in [0.3, 0.4) is 0 Å². The van der Waals surface area contributed by atoms with Crippen LogP contribution in [0.25, 0.3) is 0 Å². The monoisotopic (exact) mass is 475 g/mol. The van der Waals surface area contributed by atoms with Crippen LogP contribution in [0.1, 0.15) is 65.4 Å². The molecule has 1 fully saturated rings. The number of carboxylic acids is 1. The molecule has 4 unspecified atom stereocenters. The molecule has 2 N–H and O–H groups in total. The highest BCUT2D eigenvalue weighted by Crippen LogP contribution is 2.62. The van der Waals surface area contributed by atoms with Crippen molar-refractivity contribution in [1.82, 2.24) is 5.32 Å². The second-order valence-electron chi connectivity index (χ2n) is 11.2.